The van der Waals surface area contributed by atoms with Crippen LogP contribution in [0.2, 0.25) is 0 Å². The van der Waals surface area contributed by atoms with Gasteiger partial charge in [0.25, 0.3) is 0 Å². The molecule has 2 rings (SSSR count). The summed E-state index contributed by atoms with van der Waals surface area (Å²) in [5.41, 5.74) is 0.407. The fourth-order valence-electron chi connectivity index (χ4n) is 3.00. The number of aromatic nitrogens is 2. The van der Waals surface area contributed by atoms with E-state index in [-0.39, 0.29) is 0 Å². The number of imidazole rings is 1. The van der Waals surface area contributed by atoms with Crippen LogP contribution in [0.1, 0.15) is 51.3 Å². The first-order valence-electron chi connectivity index (χ1n) is 6.90. The predicted molar refractivity (Wildman–Crippen MR) is 75.6 cm³/mol. The molecule has 0 atom stereocenters. The van der Waals surface area contributed by atoms with E-state index in [9.17, 15) is 0 Å². The Morgan fingerprint density at radius 2 is 2.00 bits per heavy atom. The van der Waals surface area contributed by atoms with Crippen molar-refractivity contribution in [2.75, 3.05) is 5.75 Å². The highest BCUT2D eigenvalue weighted by molar-refractivity contribution is 7.80. The Kier molecular flexibility index (Phi) is 4.55. The predicted octanol–water partition coefficient (Wildman–Crippen LogP) is 3.72. The lowest BCUT2D eigenvalue weighted by molar-refractivity contribution is 0.238. The van der Waals surface area contributed by atoms with Gasteiger partial charge in [-0.25, -0.2) is 4.98 Å². The second-order valence-corrected chi connectivity index (χ2v) is 5.71. The molecule has 1 aliphatic carbocycles. The Balaban J connectivity index is 2.12. The Hall–Kier alpha value is -0.440. The summed E-state index contributed by atoms with van der Waals surface area (Å²) in [6.07, 6.45) is 13.3. The summed E-state index contributed by atoms with van der Waals surface area (Å²) in [5, 5.41) is 0. The standard InChI is InChI=1S/C14H24N2S/c1-2-13-15-9-10-16(13)11-14(12-17)7-5-3-4-6-8-14/h9-10,17H,2-8,11-12H2,1H3. The highest BCUT2D eigenvalue weighted by atomic mass is 32.1. The molecule has 0 bridgehead atoms. The third kappa shape index (κ3) is 3.06. The van der Waals surface area contributed by atoms with Gasteiger partial charge in [0.1, 0.15) is 5.82 Å². The first-order chi connectivity index (χ1) is 8.29. The van der Waals surface area contributed by atoms with Gasteiger partial charge >= 0.3 is 0 Å². The maximum atomic E-state index is 4.64. The summed E-state index contributed by atoms with van der Waals surface area (Å²) in [4.78, 5) is 4.43. The van der Waals surface area contributed by atoms with E-state index in [1.54, 1.807) is 0 Å². The van der Waals surface area contributed by atoms with Gasteiger partial charge < -0.3 is 4.57 Å². The van der Waals surface area contributed by atoms with Crippen molar-refractivity contribution < 1.29 is 0 Å². The van der Waals surface area contributed by atoms with Gasteiger partial charge in [-0.15, -0.1) is 0 Å². The van der Waals surface area contributed by atoms with Crippen molar-refractivity contribution in [3.8, 4) is 0 Å². The Morgan fingerprint density at radius 3 is 2.59 bits per heavy atom. The normalized spacial score (nSPS) is 20.1. The fourth-order valence-corrected chi connectivity index (χ4v) is 3.42. The van der Waals surface area contributed by atoms with Crippen LogP contribution in [-0.4, -0.2) is 15.3 Å². The molecule has 0 unspecified atom stereocenters. The van der Waals surface area contributed by atoms with Gasteiger partial charge in [-0.3, -0.25) is 0 Å². The average molecular weight is 252 g/mol. The van der Waals surface area contributed by atoms with Gasteiger partial charge in [0.15, 0.2) is 0 Å². The van der Waals surface area contributed by atoms with Gasteiger partial charge in [0.2, 0.25) is 0 Å². The van der Waals surface area contributed by atoms with Crippen LogP contribution in [0.15, 0.2) is 12.4 Å². The summed E-state index contributed by atoms with van der Waals surface area (Å²) in [7, 11) is 0. The molecule has 0 aliphatic heterocycles. The van der Waals surface area contributed by atoms with Gasteiger partial charge in [-0.05, 0) is 24.0 Å². The molecular formula is C14H24N2S. The number of nitrogens with zero attached hydrogens (tertiary/aromatic N) is 2. The molecular weight excluding hydrogens is 228 g/mol. The van der Waals surface area contributed by atoms with Crippen molar-refractivity contribution in [3.05, 3.63) is 18.2 Å². The summed E-state index contributed by atoms with van der Waals surface area (Å²) in [5.74, 6) is 2.23. The first-order valence-corrected chi connectivity index (χ1v) is 7.54. The molecule has 1 aromatic heterocycles. The van der Waals surface area contributed by atoms with Crippen LogP contribution < -0.4 is 0 Å². The quantitative estimate of drug-likeness (QED) is 0.639. The first kappa shape index (κ1) is 13.0. The molecule has 0 amide bonds. The second-order valence-electron chi connectivity index (χ2n) is 5.40. The van der Waals surface area contributed by atoms with Crippen molar-refractivity contribution in [1.82, 2.24) is 9.55 Å². The highest BCUT2D eigenvalue weighted by Gasteiger charge is 2.30. The molecule has 1 heterocycles. The summed E-state index contributed by atoms with van der Waals surface area (Å²) in [6, 6.07) is 0. The van der Waals surface area contributed by atoms with Crippen LogP contribution in [0.3, 0.4) is 0 Å². The lowest BCUT2D eigenvalue weighted by Gasteiger charge is -2.32. The van der Waals surface area contributed by atoms with E-state index in [2.05, 4.69) is 35.3 Å². The zero-order chi connectivity index (χ0) is 12.1. The third-order valence-electron chi connectivity index (χ3n) is 4.12. The molecule has 0 N–H and O–H groups in total. The van der Waals surface area contributed by atoms with Crippen molar-refractivity contribution in [2.45, 2.75) is 58.4 Å². The molecule has 2 nitrogen and oxygen atoms in total. The Bertz CT molecular complexity index is 338. The van der Waals surface area contributed by atoms with Crippen LogP contribution in [0.4, 0.5) is 0 Å². The largest absolute Gasteiger partial charge is 0.334 e. The summed E-state index contributed by atoms with van der Waals surface area (Å²) < 4.78 is 2.35. The van der Waals surface area contributed by atoms with Crippen LogP contribution in [-0.2, 0) is 13.0 Å². The van der Waals surface area contributed by atoms with E-state index in [1.165, 1.54) is 44.3 Å². The number of rotatable bonds is 4. The molecule has 1 aliphatic rings. The Morgan fingerprint density at radius 1 is 1.29 bits per heavy atom. The molecule has 1 aromatic rings. The minimum absolute atomic E-state index is 0.407. The van der Waals surface area contributed by atoms with E-state index >= 15 is 0 Å². The smallest absolute Gasteiger partial charge is 0.108 e. The van der Waals surface area contributed by atoms with Gasteiger partial charge in [-0.1, -0.05) is 32.6 Å². The van der Waals surface area contributed by atoms with Crippen LogP contribution in [0.5, 0.6) is 0 Å². The molecule has 3 heteroatoms. The SMILES string of the molecule is CCc1nccn1CC1(CS)CCCCCC1. The molecule has 17 heavy (non-hydrogen) atoms. The van der Waals surface area contributed by atoms with Crippen LogP contribution >= 0.6 is 12.6 Å². The zero-order valence-electron chi connectivity index (χ0n) is 10.9. The zero-order valence-corrected chi connectivity index (χ0v) is 11.8. The number of hydrogen-bond donors (Lipinski definition) is 1. The summed E-state index contributed by atoms with van der Waals surface area (Å²) >= 11 is 4.64. The fraction of sp³-hybridized carbons (Fsp3) is 0.786. The van der Waals surface area contributed by atoms with Gasteiger partial charge in [-0.2, -0.15) is 12.6 Å². The molecule has 0 radical (unpaired) electrons. The van der Waals surface area contributed by atoms with Crippen molar-refractivity contribution >= 4 is 12.6 Å². The van der Waals surface area contributed by atoms with E-state index in [0.29, 0.717) is 5.41 Å². The van der Waals surface area contributed by atoms with Crippen molar-refractivity contribution in [2.24, 2.45) is 5.41 Å². The highest BCUT2D eigenvalue weighted by Crippen LogP contribution is 2.37. The van der Waals surface area contributed by atoms with Gasteiger partial charge in [0.05, 0.1) is 0 Å². The second kappa shape index (κ2) is 5.94. The molecule has 0 spiro atoms. The number of thiol groups is 1. The van der Waals surface area contributed by atoms with E-state index < -0.39 is 0 Å². The minimum Gasteiger partial charge on any atom is -0.334 e. The topological polar surface area (TPSA) is 17.8 Å². The number of aryl methyl sites for hydroxylation is 1. The summed E-state index contributed by atoms with van der Waals surface area (Å²) in [6.45, 7) is 3.29. The minimum atomic E-state index is 0.407. The molecule has 96 valence electrons. The maximum Gasteiger partial charge on any atom is 0.108 e. The lowest BCUT2D eigenvalue weighted by atomic mass is 9.82. The monoisotopic (exact) mass is 252 g/mol. The molecule has 1 fully saturated rings. The molecule has 1 saturated carbocycles. The maximum absolute atomic E-state index is 4.64. The van der Waals surface area contributed by atoms with E-state index in [0.717, 1.165) is 18.7 Å². The van der Waals surface area contributed by atoms with E-state index in [4.69, 9.17) is 0 Å². The van der Waals surface area contributed by atoms with Crippen molar-refractivity contribution in [1.29, 1.82) is 0 Å². The third-order valence-corrected chi connectivity index (χ3v) is 4.79. The number of hydrogen-bond acceptors (Lipinski definition) is 2. The lowest BCUT2D eigenvalue weighted by Crippen LogP contribution is -2.29. The van der Waals surface area contributed by atoms with Crippen molar-refractivity contribution in [3.63, 3.8) is 0 Å². The molecule has 0 saturated heterocycles. The molecule has 0 aromatic carbocycles. The van der Waals surface area contributed by atoms with Crippen LogP contribution in [0, 0.1) is 5.41 Å². The average Bonchev–Trinajstić information content (AvgIpc) is 2.66. The van der Waals surface area contributed by atoms with E-state index in [1.807, 2.05) is 6.20 Å². The Labute approximate surface area is 110 Å². The van der Waals surface area contributed by atoms with Crippen LogP contribution in [0.25, 0.3) is 0 Å². The van der Waals surface area contributed by atoms with Gasteiger partial charge in [0, 0.05) is 25.4 Å².